The van der Waals surface area contributed by atoms with Gasteiger partial charge in [-0.2, -0.15) is 0 Å². The maximum Gasteiger partial charge on any atom is 0.226 e. The van der Waals surface area contributed by atoms with Gasteiger partial charge in [0.05, 0.1) is 6.10 Å². The van der Waals surface area contributed by atoms with E-state index in [1.165, 1.54) is 5.56 Å². The molecule has 1 aliphatic heterocycles. The second kappa shape index (κ2) is 6.49. The third-order valence-corrected chi connectivity index (χ3v) is 5.03. The molecule has 1 aromatic rings. The summed E-state index contributed by atoms with van der Waals surface area (Å²) in [6.07, 6.45) is 3.31. The Balaban J connectivity index is 1.54. The first-order chi connectivity index (χ1) is 10.2. The summed E-state index contributed by atoms with van der Waals surface area (Å²) in [6.45, 7) is 4.51. The molecule has 0 unspecified atom stereocenters. The van der Waals surface area contributed by atoms with E-state index in [-0.39, 0.29) is 5.92 Å². The van der Waals surface area contributed by atoms with Gasteiger partial charge >= 0.3 is 0 Å². The van der Waals surface area contributed by atoms with Gasteiger partial charge in [-0.1, -0.05) is 28.1 Å². The van der Waals surface area contributed by atoms with Crippen molar-refractivity contribution >= 4 is 21.8 Å². The third-order valence-electron chi connectivity index (χ3n) is 4.54. The molecule has 4 heteroatoms. The molecular formula is C17H22BrNO2. The van der Waals surface area contributed by atoms with Gasteiger partial charge in [0.2, 0.25) is 5.91 Å². The fraction of sp³-hybridized carbons (Fsp3) is 0.588. The van der Waals surface area contributed by atoms with Gasteiger partial charge < -0.3 is 9.64 Å². The van der Waals surface area contributed by atoms with Crippen molar-refractivity contribution in [1.29, 1.82) is 0 Å². The maximum atomic E-state index is 12.6. The Hall–Kier alpha value is -0.870. The van der Waals surface area contributed by atoms with Gasteiger partial charge in [0.1, 0.15) is 0 Å². The molecule has 0 aromatic heterocycles. The van der Waals surface area contributed by atoms with Gasteiger partial charge in [-0.15, -0.1) is 0 Å². The van der Waals surface area contributed by atoms with Crippen LogP contribution in [0.2, 0.25) is 0 Å². The summed E-state index contributed by atoms with van der Waals surface area (Å²) in [5.74, 6) is 0.956. The molecule has 1 saturated heterocycles. The lowest BCUT2D eigenvalue weighted by atomic mass is 10.1. The number of halogens is 1. The smallest absolute Gasteiger partial charge is 0.226 e. The minimum Gasteiger partial charge on any atom is -0.378 e. The number of carbonyl (C=O) groups excluding carboxylic acids is 1. The Kier molecular flexibility index (Phi) is 4.65. The number of ether oxygens (including phenoxy) is 1. The SMILES string of the molecule is CCOC1CCN(C(=O)[C@@H]2C[C@@H]2c2cccc(Br)c2)CC1. The molecule has 2 atom stereocenters. The average molecular weight is 352 g/mol. The summed E-state index contributed by atoms with van der Waals surface area (Å²) in [7, 11) is 0. The lowest BCUT2D eigenvalue weighted by Gasteiger charge is -2.32. The van der Waals surface area contributed by atoms with Gasteiger partial charge in [-0.3, -0.25) is 4.79 Å². The Morgan fingerprint density at radius 1 is 1.38 bits per heavy atom. The molecule has 1 aromatic carbocycles. The summed E-state index contributed by atoms with van der Waals surface area (Å²) >= 11 is 3.50. The lowest BCUT2D eigenvalue weighted by molar-refractivity contribution is -0.135. The van der Waals surface area contributed by atoms with Crippen molar-refractivity contribution in [1.82, 2.24) is 4.90 Å². The van der Waals surface area contributed by atoms with Crippen molar-refractivity contribution in [3.8, 4) is 0 Å². The quantitative estimate of drug-likeness (QED) is 0.829. The highest BCUT2D eigenvalue weighted by Crippen LogP contribution is 2.49. The molecular weight excluding hydrogens is 330 g/mol. The monoisotopic (exact) mass is 351 g/mol. The zero-order valence-electron chi connectivity index (χ0n) is 12.4. The van der Waals surface area contributed by atoms with Crippen molar-refractivity contribution in [2.75, 3.05) is 19.7 Å². The minimum atomic E-state index is 0.197. The summed E-state index contributed by atoms with van der Waals surface area (Å²) in [6, 6.07) is 8.34. The van der Waals surface area contributed by atoms with Gasteiger partial charge in [-0.05, 0) is 49.8 Å². The molecule has 2 aliphatic rings. The molecule has 21 heavy (non-hydrogen) atoms. The predicted octanol–water partition coefficient (Wildman–Crippen LogP) is 3.58. The molecule has 3 nitrogen and oxygen atoms in total. The van der Waals surface area contributed by atoms with Crippen LogP contribution >= 0.6 is 15.9 Å². The molecule has 2 fully saturated rings. The Morgan fingerprint density at radius 2 is 2.14 bits per heavy atom. The van der Waals surface area contributed by atoms with Crippen LogP contribution < -0.4 is 0 Å². The fourth-order valence-corrected chi connectivity index (χ4v) is 3.70. The molecule has 1 heterocycles. The second-order valence-electron chi connectivity index (χ2n) is 5.98. The van der Waals surface area contributed by atoms with E-state index in [2.05, 4.69) is 28.1 Å². The standard InChI is InChI=1S/C17H22BrNO2/c1-2-21-14-6-8-19(9-7-14)17(20)16-11-15(16)12-4-3-5-13(18)10-12/h3-5,10,14-16H,2,6-9,11H2,1H3/t15-,16-/m1/s1. The normalized spacial score (nSPS) is 25.9. The van der Waals surface area contributed by atoms with Gasteiger partial charge in [-0.25, -0.2) is 0 Å². The van der Waals surface area contributed by atoms with Crippen LogP contribution in [0.25, 0.3) is 0 Å². The van der Waals surface area contributed by atoms with Crippen molar-refractivity contribution in [2.45, 2.75) is 38.2 Å². The maximum absolute atomic E-state index is 12.6. The van der Waals surface area contributed by atoms with E-state index in [9.17, 15) is 4.79 Å². The topological polar surface area (TPSA) is 29.5 Å². The number of benzene rings is 1. The van der Waals surface area contributed by atoms with E-state index in [4.69, 9.17) is 4.74 Å². The molecule has 0 radical (unpaired) electrons. The number of nitrogens with zero attached hydrogens (tertiary/aromatic N) is 1. The molecule has 1 saturated carbocycles. The number of likely N-dealkylation sites (tertiary alicyclic amines) is 1. The first kappa shape index (κ1) is 15.0. The van der Waals surface area contributed by atoms with Crippen molar-refractivity contribution < 1.29 is 9.53 Å². The Bertz CT molecular complexity index is 511. The first-order valence-corrected chi connectivity index (χ1v) is 8.64. The molecule has 3 rings (SSSR count). The summed E-state index contributed by atoms with van der Waals surface area (Å²) in [5.41, 5.74) is 1.28. The fourth-order valence-electron chi connectivity index (χ4n) is 3.29. The van der Waals surface area contributed by atoms with E-state index in [1.807, 2.05) is 24.0 Å². The van der Waals surface area contributed by atoms with E-state index >= 15 is 0 Å². The number of hydrogen-bond donors (Lipinski definition) is 0. The summed E-state index contributed by atoms with van der Waals surface area (Å²) in [4.78, 5) is 14.6. The lowest BCUT2D eigenvalue weighted by Crippen LogP contribution is -2.41. The number of piperidine rings is 1. The molecule has 0 N–H and O–H groups in total. The van der Waals surface area contributed by atoms with Crippen LogP contribution in [0.15, 0.2) is 28.7 Å². The summed E-state index contributed by atoms with van der Waals surface area (Å²) in [5, 5.41) is 0. The van der Waals surface area contributed by atoms with Crippen LogP contribution in [0.3, 0.4) is 0 Å². The predicted molar refractivity (Wildman–Crippen MR) is 86.2 cm³/mol. The van der Waals surface area contributed by atoms with Crippen LogP contribution in [-0.4, -0.2) is 36.6 Å². The van der Waals surface area contributed by atoms with Crippen LogP contribution in [0.5, 0.6) is 0 Å². The number of carbonyl (C=O) groups is 1. The number of hydrogen-bond acceptors (Lipinski definition) is 2. The van der Waals surface area contributed by atoms with Gasteiger partial charge in [0, 0.05) is 30.1 Å². The number of amides is 1. The first-order valence-electron chi connectivity index (χ1n) is 7.85. The highest BCUT2D eigenvalue weighted by Gasteiger charge is 2.46. The van der Waals surface area contributed by atoms with Crippen molar-refractivity contribution in [3.63, 3.8) is 0 Å². The van der Waals surface area contributed by atoms with Gasteiger partial charge in [0.15, 0.2) is 0 Å². The van der Waals surface area contributed by atoms with Crippen molar-refractivity contribution in [2.24, 2.45) is 5.92 Å². The van der Waals surface area contributed by atoms with E-state index in [1.54, 1.807) is 0 Å². The average Bonchev–Trinajstić information content (AvgIpc) is 3.28. The molecule has 0 bridgehead atoms. The number of rotatable bonds is 4. The largest absolute Gasteiger partial charge is 0.378 e. The zero-order chi connectivity index (χ0) is 14.8. The van der Waals surface area contributed by atoms with Gasteiger partial charge in [0.25, 0.3) is 0 Å². The highest BCUT2D eigenvalue weighted by atomic mass is 79.9. The molecule has 1 aliphatic carbocycles. The molecule has 1 amide bonds. The van der Waals surface area contributed by atoms with Crippen LogP contribution in [0.4, 0.5) is 0 Å². The van der Waals surface area contributed by atoms with Crippen LogP contribution in [0, 0.1) is 5.92 Å². The van der Waals surface area contributed by atoms with E-state index < -0.39 is 0 Å². The third kappa shape index (κ3) is 3.49. The van der Waals surface area contributed by atoms with E-state index in [0.717, 1.165) is 43.4 Å². The van der Waals surface area contributed by atoms with Crippen LogP contribution in [-0.2, 0) is 9.53 Å². The zero-order valence-corrected chi connectivity index (χ0v) is 14.0. The Morgan fingerprint density at radius 3 is 2.81 bits per heavy atom. The summed E-state index contributed by atoms with van der Waals surface area (Å²) < 4.78 is 6.74. The van der Waals surface area contributed by atoms with E-state index in [0.29, 0.717) is 17.9 Å². The van der Waals surface area contributed by atoms with Crippen molar-refractivity contribution in [3.05, 3.63) is 34.3 Å². The minimum absolute atomic E-state index is 0.197. The Labute approximate surface area is 134 Å². The molecule has 0 spiro atoms. The van der Waals surface area contributed by atoms with Crippen LogP contribution in [0.1, 0.15) is 37.7 Å². The second-order valence-corrected chi connectivity index (χ2v) is 6.90. The molecule has 114 valence electrons. The highest BCUT2D eigenvalue weighted by molar-refractivity contribution is 9.10.